The summed E-state index contributed by atoms with van der Waals surface area (Å²) >= 11 is 0. The number of para-hydroxylation sites is 1. The summed E-state index contributed by atoms with van der Waals surface area (Å²) in [6.45, 7) is 17.4. The lowest BCUT2D eigenvalue weighted by Gasteiger charge is -2.34. The molecule has 7 nitrogen and oxygen atoms in total. The van der Waals surface area contributed by atoms with Crippen molar-refractivity contribution in [2.45, 2.75) is 112 Å². The number of alkyl carbamates (subject to hydrolysis) is 1. The molecule has 0 aromatic heterocycles. The fraction of sp³-hybridized carbons (Fsp3) is 0.545. The molecule has 0 bridgehead atoms. The number of benzene rings is 2. The molecule has 2 unspecified atom stereocenters. The SMILES string of the molecule is CCCCCCCN(C(=O)C(C)NC(=O)OC(C)(C)C)C(C(=O)Nc1c(C)cccc1C)c1ccc(C)cc1C. The molecule has 0 fully saturated rings. The largest absolute Gasteiger partial charge is 0.444 e. The van der Waals surface area contributed by atoms with E-state index in [0.717, 1.165) is 65.6 Å². The van der Waals surface area contributed by atoms with E-state index >= 15 is 0 Å². The molecular weight excluding hydrogens is 502 g/mol. The van der Waals surface area contributed by atoms with E-state index in [2.05, 4.69) is 17.6 Å². The zero-order chi connectivity index (χ0) is 30.0. The van der Waals surface area contributed by atoms with Gasteiger partial charge in [-0.3, -0.25) is 9.59 Å². The van der Waals surface area contributed by atoms with Crippen LogP contribution in [0.2, 0.25) is 0 Å². The van der Waals surface area contributed by atoms with Crippen molar-refractivity contribution < 1.29 is 19.1 Å². The number of anilines is 1. The van der Waals surface area contributed by atoms with Crippen LogP contribution in [0.5, 0.6) is 0 Å². The number of hydrogen-bond acceptors (Lipinski definition) is 4. The molecule has 0 saturated heterocycles. The van der Waals surface area contributed by atoms with E-state index < -0.39 is 23.8 Å². The fourth-order valence-corrected chi connectivity index (χ4v) is 4.83. The Morgan fingerprint density at radius 3 is 2.10 bits per heavy atom. The van der Waals surface area contributed by atoms with Crippen LogP contribution in [0.1, 0.15) is 101 Å². The molecule has 0 heterocycles. The normalized spacial score (nSPS) is 12.8. The number of nitrogens with zero attached hydrogens (tertiary/aromatic N) is 1. The highest BCUT2D eigenvalue weighted by Gasteiger charge is 2.35. The van der Waals surface area contributed by atoms with Gasteiger partial charge in [-0.25, -0.2) is 4.79 Å². The van der Waals surface area contributed by atoms with Crippen molar-refractivity contribution in [2.24, 2.45) is 0 Å². The maximum atomic E-state index is 14.2. The van der Waals surface area contributed by atoms with Gasteiger partial charge in [-0.1, -0.05) is 74.6 Å². The second-order valence-electron chi connectivity index (χ2n) is 11.8. The number of unbranched alkanes of at least 4 members (excludes halogenated alkanes) is 4. The lowest BCUT2D eigenvalue weighted by Crippen LogP contribution is -2.51. The van der Waals surface area contributed by atoms with Crippen LogP contribution in [-0.4, -0.2) is 41.0 Å². The summed E-state index contributed by atoms with van der Waals surface area (Å²) < 4.78 is 5.39. The smallest absolute Gasteiger partial charge is 0.408 e. The second kappa shape index (κ2) is 14.9. The number of aryl methyl sites for hydroxylation is 4. The van der Waals surface area contributed by atoms with Crippen LogP contribution in [0.15, 0.2) is 36.4 Å². The molecule has 2 rings (SSSR count). The highest BCUT2D eigenvalue weighted by Crippen LogP contribution is 2.30. The molecule has 2 atom stereocenters. The van der Waals surface area contributed by atoms with Gasteiger partial charge in [0, 0.05) is 12.2 Å². The van der Waals surface area contributed by atoms with Gasteiger partial charge in [-0.05, 0) is 84.1 Å². The Morgan fingerprint density at radius 2 is 1.52 bits per heavy atom. The third-order valence-corrected chi connectivity index (χ3v) is 6.90. The van der Waals surface area contributed by atoms with E-state index in [1.165, 1.54) is 0 Å². The van der Waals surface area contributed by atoms with Gasteiger partial charge in [-0.15, -0.1) is 0 Å². The van der Waals surface area contributed by atoms with Crippen molar-refractivity contribution >= 4 is 23.6 Å². The summed E-state index contributed by atoms with van der Waals surface area (Å²) in [6, 6.07) is 10.0. The molecule has 2 aromatic carbocycles. The minimum Gasteiger partial charge on any atom is -0.444 e. The van der Waals surface area contributed by atoms with Crippen LogP contribution < -0.4 is 10.6 Å². The van der Waals surface area contributed by atoms with E-state index in [1.807, 2.05) is 64.1 Å². The molecule has 40 heavy (non-hydrogen) atoms. The van der Waals surface area contributed by atoms with Gasteiger partial charge in [0.1, 0.15) is 17.7 Å². The van der Waals surface area contributed by atoms with Gasteiger partial charge in [-0.2, -0.15) is 0 Å². The number of amides is 3. The van der Waals surface area contributed by atoms with Gasteiger partial charge < -0.3 is 20.3 Å². The lowest BCUT2D eigenvalue weighted by molar-refractivity contribution is -0.140. The Hall–Kier alpha value is -3.35. The highest BCUT2D eigenvalue weighted by atomic mass is 16.6. The lowest BCUT2D eigenvalue weighted by atomic mass is 9.95. The molecule has 2 aromatic rings. The van der Waals surface area contributed by atoms with Gasteiger partial charge in [0.05, 0.1) is 0 Å². The van der Waals surface area contributed by atoms with Crippen LogP contribution in [0.4, 0.5) is 10.5 Å². The van der Waals surface area contributed by atoms with E-state index in [0.29, 0.717) is 6.54 Å². The molecule has 0 radical (unpaired) electrons. The van der Waals surface area contributed by atoms with E-state index in [1.54, 1.807) is 32.6 Å². The molecule has 2 N–H and O–H groups in total. The number of nitrogens with one attached hydrogen (secondary N) is 2. The summed E-state index contributed by atoms with van der Waals surface area (Å²) in [6.07, 6.45) is 4.33. The van der Waals surface area contributed by atoms with Gasteiger partial charge in [0.2, 0.25) is 5.91 Å². The minimum absolute atomic E-state index is 0.282. The predicted molar refractivity (Wildman–Crippen MR) is 163 cm³/mol. The van der Waals surface area contributed by atoms with Crippen molar-refractivity contribution in [3.63, 3.8) is 0 Å². The topological polar surface area (TPSA) is 87.7 Å². The van der Waals surface area contributed by atoms with E-state index in [9.17, 15) is 14.4 Å². The monoisotopic (exact) mass is 551 g/mol. The molecule has 0 aliphatic carbocycles. The molecule has 0 aliphatic heterocycles. The fourth-order valence-electron chi connectivity index (χ4n) is 4.83. The Balaban J connectivity index is 2.51. The second-order valence-corrected chi connectivity index (χ2v) is 11.8. The molecule has 0 saturated carbocycles. The molecule has 0 spiro atoms. The van der Waals surface area contributed by atoms with E-state index in [-0.39, 0.29) is 11.8 Å². The summed E-state index contributed by atoms with van der Waals surface area (Å²) in [7, 11) is 0. The van der Waals surface area contributed by atoms with Gasteiger partial charge in [0.15, 0.2) is 0 Å². The average molecular weight is 552 g/mol. The molecule has 3 amide bonds. The first-order valence-corrected chi connectivity index (χ1v) is 14.5. The van der Waals surface area contributed by atoms with Crippen molar-refractivity contribution in [2.75, 3.05) is 11.9 Å². The maximum absolute atomic E-state index is 14.2. The molecule has 0 aliphatic rings. The van der Waals surface area contributed by atoms with Crippen molar-refractivity contribution in [3.8, 4) is 0 Å². The van der Waals surface area contributed by atoms with Crippen LogP contribution >= 0.6 is 0 Å². The summed E-state index contributed by atoms with van der Waals surface area (Å²) in [5.74, 6) is -0.612. The molecule has 220 valence electrons. The number of ether oxygens (including phenoxy) is 1. The standard InChI is InChI=1S/C33H49N3O4/c1-10-11-12-13-14-20-36(31(38)26(6)34-32(39)40-33(7,8)9)29(27-19-18-22(2)21-25(27)5)30(37)35-28-23(3)16-15-17-24(28)4/h15-19,21,26,29H,10-14,20H2,1-9H3,(H,34,39)(H,35,37). The summed E-state index contributed by atoms with van der Waals surface area (Å²) in [5.41, 5.74) is 4.72. The Morgan fingerprint density at radius 1 is 0.900 bits per heavy atom. The van der Waals surface area contributed by atoms with E-state index in [4.69, 9.17) is 4.74 Å². The summed E-state index contributed by atoms with van der Waals surface area (Å²) in [5, 5.41) is 5.81. The van der Waals surface area contributed by atoms with Crippen molar-refractivity contribution in [1.29, 1.82) is 0 Å². The first-order chi connectivity index (χ1) is 18.7. The summed E-state index contributed by atoms with van der Waals surface area (Å²) in [4.78, 5) is 42.3. The first kappa shape index (κ1) is 32.9. The number of rotatable bonds is 12. The zero-order valence-electron chi connectivity index (χ0n) is 25.9. The Labute approximate surface area is 241 Å². The third-order valence-electron chi connectivity index (χ3n) is 6.90. The Kier molecular flexibility index (Phi) is 12.2. The van der Waals surface area contributed by atoms with Crippen LogP contribution in [0.3, 0.4) is 0 Å². The van der Waals surface area contributed by atoms with Crippen molar-refractivity contribution in [3.05, 3.63) is 64.2 Å². The minimum atomic E-state index is -0.883. The number of hydrogen-bond donors (Lipinski definition) is 2. The predicted octanol–water partition coefficient (Wildman–Crippen LogP) is 7.31. The van der Waals surface area contributed by atoms with Crippen LogP contribution in [-0.2, 0) is 14.3 Å². The van der Waals surface area contributed by atoms with Crippen molar-refractivity contribution in [1.82, 2.24) is 10.2 Å². The maximum Gasteiger partial charge on any atom is 0.408 e. The number of carbonyl (C=O) groups is 3. The highest BCUT2D eigenvalue weighted by molar-refractivity contribution is 6.00. The van der Waals surface area contributed by atoms with Gasteiger partial charge in [0.25, 0.3) is 5.91 Å². The first-order valence-electron chi connectivity index (χ1n) is 14.5. The average Bonchev–Trinajstić information content (AvgIpc) is 2.84. The number of carbonyl (C=O) groups excluding carboxylic acids is 3. The molecule has 7 heteroatoms. The molecular formula is C33H49N3O4. The van der Waals surface area contributed by atoms with Crippen LogP contribution in [0.25, 0.3) is 0 Å². The quantitative estimate of drug-likeness (QED) is 0.271. The Bertz CT molecular complexity index is 1150. The van der Waals surface area contributed by atoms with Crippen LogP contribution in [0, 0.1) is 27.7 Å². The zero-order valence-corrected chi connectivity index (χ0v) is 25.9. The van der Waals surface area contributed by atoms with Gasteiger partial charge >= 0.3 is 6.09 Å². The third kappa shape index (κ3) is 9.68.